The molecule has 0 aliphatic rings. The minimum absolute atomic E-state index is 0.0202. The van der Waals surface area contributed by atoms with Crippen LogP contribution in [0.15, 0.2) is 18.2 Å². The van der Waals surface area contributed by atoms with Gasteiger partial charge >= 0.3 is 0 Å². The summed E-state index contributed by atoms with van der Waals surface area (Å²) < 4.78 is 1.90. The highest BCUT2D eigenvalue weighted by molar-refractivity contribution is 14.1. The van der Waals surface area contributed by atoms with Crippen molar-refractivity contribution in [1.29, 1.82) is 5.26 Å². The van der Waals surface area contributed by atoms with E-state index in [0.717, 1.165) is 20.1 Å². The van der Waals surface area contributed by atoms with Crippen LogP contribution in [0, 0.1) is 11.3 Å². The highest BCUT2D eigenvalue weighted by Gasteiger charge is 2.18. The maximum Gasteiger partial charge on any atom is 0.243 e. The lowest BCUT2D eigenvalue weighted by atomic mass is 10.0. The maximum absolute atomic E-state index is 11.9. The van der Waals surface area contributed by atoms with Crippen LogP contribution < -0.4 is 10.6 Å². The number of anilines is 1. The molecule has 0 fully saturated rings. The van der Waals surface area contributed by atoms with Crippen LogP contribution in [0.4, 0.5) is 5.69 Å². The van der Waals surface area contributed by atoms with Crippen LogP contribution in [-0.2, 0) is 4.79 Å². The van der Waals surface area contributed by atoms with E-state index < -0.39 is 6.04 Å². The van der Waals surface area contributed by atoms with Gasteiger partial charge in [0.15, 0.2) is 0 Å². The Hall–Kier alpha value is 0.400. The average molecular weight is 669 g/mol. The van der Waals surface area contributed by atoms with Gasteiger partial charge in [-0.15, -0.1) is 0 Å². The topological polar surface area (TPSA) is 64.9 Å². The van der Waals surface area contributed by atoms with E-state index in [2.05, 4.69) is 99.8 Å². The molecule has 126 valence electrons. The monoisotopic (exact) mass is 667 g/mol. The van der Waals surface area contributed by atoms with Crippen LogP contribution in [-0.4, -0.2) is 27.3 Å². The Labute approximate surface area is 181 Å². The summed E-state index contributed by atoms with van der Waals surface area (Å²) in [5.41, 5.74) is 3.28. The number of halogens is 4. The predicted molar refractivity (Wildman–Crippen MR) is 119 cm³/mol. The standard InChI is InChI=1S/C15H17Br2I2N3O/c1-9(15(23)21-5-4-20)22-14-3-2-10(12(16)7-18)6-11(14)13(17)8-19/h2-3,6,9,12-13,22H,5,7-8H2,1H3,(H,21,23). The van der Waals surface area contributed by atoms with Crippen LogP contribution in [0.5, 0.6) is 0 Å². The second kappa shape index (κ2) is 11.1. The third kappa shape index (κ3) is 6.66. The fraction of sp³-hybridized carbons (Fsp3) is 0.467. The van der Waals surface area contributed by atoms with Crippen LogP contribution in [0.2, 0.25) is 0 Å². The van der Waals surface area contributed by atoms with Gasteiger partial charge < -0.3 is 10.6 Å². The molecule has 1 rings (SSSR count). The largest absolute Gasteiger partial charge is 0.374 e. The average Bonchev–Trinajstić information content (AvgIpc) is 2.58. The van der Waals surface area contributed by atoms with E-state index in [0.29, 0.717) is 4.83 Å². The van der Waals surface area contributed by atoms with Crippen molar-refractivity contribution in [2.45, 2.75) is 22.6 Å². The molecule has 0 saturated heterocycles. The van der Waals surface area contributed by atoms with E-state index in [1.165, 1.54) is 5.56 Å². The van der Waals surface area contributed by atoms with Crippen molar-refractivity contribution in [3.63, 3.8) is 0 Å². The van der Waals surface area contributed by atoms with E-state index in [9.17, 15) is 4.79 Å². The number of nitrogens with one attached hydrogen (secondary N) is 2. The van der Waals surface area contributed by atoms with E-state index in [4.69, 9.17) is 5.26 Å². The molecule has 0 spiro atoms. The normalized spacial score (nSPS) is 14.4. The summed E-state index contributed by atoms with van der Waals surface area (Å²) in [6, 6.07) is 7.74. The fourth-order valence-corrected chi connectivity index (χ4v) is 3.56. The lowest BCUT2D eigenvalue weighted by molar-refractivity contribution is -0.121. The van der Waals surface area contributed by atoms with Crippen LogP contribution in [0.3, 0.4) is 0 Å². The van der Waals surface area contributed by atoms with Gasteiger partial charge in [-0.25, -0.2) is 0 Å². The Balaban J connectivity index is 3.01. The molecule has 2 N–H and O–H groups in total. The zero-order chi connectivity index (χ0) is 17.4. The number of amides is 1. The molecule has 0 aromatic heterocycles. The van der Waals surface area contributed by atoms with Crippen molar-refractivity contribution in [3.05, 3.63) is 29.3 Å². The second-order valence-electron chi connectivity index (χ2n) is 4.83. The van der Waals surface area contributed by atoms with Gasteiger partial charge in [0.05, 0.1) is 10.9 Å². The zero-order valence-corrected chi connectivity index (χ0v) is 19.9. The summed E-state index contributed by atoms with van der Waals surface area (Å²) in [6.45, 7) is 1.81. The first-order valence-electron chi connectivity index (χ1n) is 6.89. The van der Waals surface area contributed by atoms with E-state index in [1.807, 2.05) is 12.1 Å². The number of carbonyl (C=O) groups is 1. The van der Waals surface area contributed by atoms with E-state index >= 15 is 0 Å². The fourth-order valence-electron chi connectivity index (χ4n) is 1.92. The molecule has 0 radical (unpaired) electrons. The van der Waals surface area contributed by atoms with Crippen molar-refractivity contribution in [1.82, 2.24) is 5.32 Å². The smallest absolute Gasteiger partial charge is 0.243 e. The molecule has 3 unspecified atom stereocenters. The highest BCUT2D eigenvalue weighted by Crippen LogP contribution is 2.35. The second-order valence-corrected chi connectivity index (χ2v) is 8.80. The van der Waals surface area contributed by atoms with Crippen molar-refractivity contribution in [3.8, 4) is 6.07 Å². The van der Waals surface area contributed by atoms with Crippen molar-refractivity contribution in [2.24, 2.45) is 0 Å². The number of nitrogens with zero attached hydrogens (tertiary/aromatic N) is 1. The van der Waals surface area contributed by atoms with E-state index in [-0.39, 0.29) is 17.3 Å². The minimum Gasteiger partial charge on any atom is -0.374 e. The quantitative estimate of drug-likeness (QED) is 0.236. The van der Waals surface area contributed by atoms with Gasteiger partial charge in [-0.2, -0.15) is 5.26 Å². The predicted octanol–water partition coefficient (Wildman–Crippen LogP) is 4.87. The van der Waals surface area contributed by atoms with Crippen LogP contribution >= 0.6 is 77.0 Å². The number of hydrogen-bond donors (Lipinski definition) is 2. The van der Waals surface area contributed by atoms with Gasteiger partial charge in [0, 0.05) is 19.4 Å². The SMILES string of the molecule is CC(Nc1ccc(C(Br)CI)cc1C(Br)CI)C(=O)NCC#N. The molecular weight excluding hydrogens is 652 g/mol. The summed E-state index contributed by atoms with van der Waals surface area (Å²) in [5.74, 6) is -0.187. The van der Waals surface area contributed by atoms with Gasteiger partial charge in [0.1, 0.15) is 12.6 Å². The first-order valence-corrected chi connectivity index (χ1v) is 11.8. The summed E-state index contributed by atoms with van der Waals surface area (Å²) in [7, 11) is 0. The number of nitriles is 1. The molecule has 3 atom stereocenters. The first-order chi connectivity index (χ1) is 10.9. The first kappa shape index (κ1) is 21.4. The van der Waals surface area contributed by atoms with Gasteiger partial charge in [-0.05, 0) is 24.1 Å². The van der Waals surface area contributed by atoms with Gasteiger partial charge in [0.25, 0.3) is 0 Å². The van der Waals surface area contributed by atoms with Crippen LogP contribution in [0.1, 0.15) is 27.7 Å². The van der Waals surface area contributed by atoms with Gasteiger partial charge in [-0.1, -0.05) is 89.2 Å². The summed E-state index contributed by atoms with van der Waals surface area (Å²) in [5, 5.41) is 14.4. The minimum atomic E-state index is -0.411. The number of benzene rings is 1. The molecule has 0 bridgehead atoms. The molecular formula is C15H17Br2I2N3O. The zero-order valence-electron chi connectivity index (χ0n) is 12.5. The lowest BCUT2D eigenvalue weighted by Crippen LogP contribution is -2.37. The Morgan fingerprint density at radius 2 is 1.96 bits per heavy atom. The van der Waals surface area contributed by atoms with Crippen molar-refractivity contribution >= 4 is 88.6 Å². The summed E-state index contributed by atoms with van der Waals surface area (Å²) >= 11 is 12.1. The molecule has 1 aromatic rings. The molecule has 0 aliphatic carbocycles. The van der Waals surface area contributed by atoms with Gasteiger partial charge in [-0.3, -0.25) is 4.79 Å². The van der Waals surface area contributed by atoms with E-state index in [1.54, 1.807) is 6.92 Å². The Kier molecular flexibility index (Phi) is 10.3. The molecule has 23 heavy (non-hydrogen) atoms. The Morgan fingerprint density at radius 1 is 1.30 bits per heavy atom. The number of hydrogen-bond acceptors (Lipinski definition) is 3. The third-order valence-electron chi connectivity index (χ3n) is 3.15. The van der Waals surface area contributed by atoms with Crippen molar-refractivity contribution in [2.75, 3.05) is 20.7 Å². The van der Waals surface area contributed by atoms with Crippen molar-refractivity contribution < 1.29 is 4.79 Å². The molecule has 1 aromatic carbocycles. The summed E-state index contributed by atoms with van der Waals surface area (Å²) in [6.07, 6.45) is 0. The number of carbonyl (C=O) groups excluding carboxylic acids is 1. The maximum atomic E-state index is 11.9. The number of alkyl halides is 4. The summed E-state index contributed by atoms with van der Waals surface area (Å²) in [4.78, 5) is 12.4. The van der Waals surface area contributed by atoms with Crippen LogP contribution in [0.25, 0.3) is 0 Å². The Morgan fingerprint density at radius 3 is 2.52 bits per heavy atom. The third-order valence-corrected chi connectivity index (χ3v) is 9.00. The lowest BCUT2D eigenvalue weighted by Gasteiger charge is -2.21. The molecule has 4 nitrogen and oxygen atoms in total. The van der Waals surface area contributed by atoms with Gasteiger partial charge in [0.2, 0.25) is 5.91 Å². The Bertz CT molecular complexity index is 580. The molecule has 0 aliphatic heterocycles. The molecule has 0 saturated carbocycles. The molecule has 8 heteroatoms. The molecule has 0 heterocycles. The number of rotatable bonds is 8. The molecule has 1 amide bonds. The highest BCUT2D eigenvalue weighted by atomic mass is 127.